The molecule has 4 heterocycles. The summed E-state index contributed by atoms with van der Waals surface area (Å²) in [6, 6.07) is 0. The summed E-state index contributed by atoms with van der Waals surface area (Å²) >= 11 is 1.68. The topological polar surface area (TPSA) is 101 Å². The first-order valence-electron chi connectivity index (χ1n) is 9.86. The number of aromatic nitrogens is 3. The SMILES string of the molecule is Cc1ncsc1CN1Cc2ncn(C)c2C(C(=O)N2CCOCC2)C1.O=C(O)C(F)(F)F. The minimum atomic E-state index is -5.08. The van der Waals surface area contributed by atoms with E-state index in [-0.39, 0.29) is 11.8 Å². The van der Waals surface area contributed by atoms with Crippen LogP contribution in [0.4, 0.5) is 13.2 Å². The molecule has 32 heavy (non-hydrogen) atoms. The van der Waals surface area contributed by atoms with Crippen LogP contribution in [0.3, 0.4) is 0 Å². The molecule has 1 fully saturated rings. The molecule has 1 N–H and O–H groups in total. The lowest BCUT2D eigenvalue weighted by Gasteiger charge is -2.36. The van der Waals surface area contributed by atoms with Crippen molar-refractivity contribution in [2.24, 2.45) is 7.05 Å². The van der Waals surface area contributed by atoms with Gasteiger partial charge in [0.05, 0.1) is 48.1 Å². The molecule has 1 unspecified atom stereocenters. The third-order valence-electron chi connectivity index (χ3n) is 5.28. The number of hydrogen-bond donors (Lipinski definition) is 1. The van der Waals surface area contributed by atoms with Crippen LogP contribution in [-0.2, 0) is 34.5 Å². The second kappa shape index (κ2) is 9.96. The number of amides is 1. The lowest BCUT2D eigenvalue weighted by atomic mass is 9.96. The number of aryl methyl sites for hydroxylation is 2. The van der Waals surface area contributed by atoms with Gasteiger partial charge in [-0.15, -0.1) is 11.3 Å². The number of carboxylic acid groups (broad SMARTS) is 1. The number of alkyl halides is 3. The first-order valence-corrected chi connectivity index (χ1v) is 10.7. The maximum Gasteiger partial charge on any atom is 0.490 e. The highest BCUT2D eigenvalue weighted by molar-refractivity contribution is 7.09. The van der Waals surface area contributed by atoms with Crippen LogP contribution in [0, 0.1) is 6.92 Å². The molecule has 9 nitrogen and oxygen atoms in total. The number of hydrogen-bond acceptors (Lipinski definition) is 7. The molecular formula is C19H24F3N5O4S. The second-order valence-electron chi connectivity index (χ2n) is 7.51. The van der Waals surface area contributed by atoms with E-state index < -0.39 is 12.1 Å². The average molecular weight is 475 g/mol. The Kier molecular flexibility index (Phi) is 7.51. The molecule has 176 valence electrons. The number of carbonyl (C=O) groups is 2. The number of nitrogens with zero attached hydrogens (tertiary/aromatic N) is 5. The highest BCUT2D eigenvalue weighted by Gasteiger charge is 2.38. The Labute approximate surface area is 186 Å². The fourth-order valence-electron chi connectivity index (χ4n) is 3.68. The van der Waals surface area contributed by atoms with E-state index in [1.807, 2.05) is 35.3 Å². The molecule has 0 aliphatic carbocycles. The zero-order valence-corrected chi connectivity index (χ0v) is 18.4. The number of morpholine rings is 1. The van der Waals surface area contributed by atoms with Crippen LogP contribution in [0.1, 0.15) is 27.9 Å². The number of carbonyl (C=O) groups excluding carboxylic acids is 1. The Morgan fingerprint density at radius 2 is 1.94 bits per heavy atom. The molecule has 2 aromatic heterocycles. The molecule has 1 saturated heterocycles. The fourth-order valence-corrected chi connectivity index (χ4v) is 4.50. The van der Waals surface area contributed by atoms with Crippen molar-refractivity contribution < 1.29 is 32.6 Å². The molecular weight excluding hydrogens is 451 g/mol. The van der Waals surface area contributed by atoms with E-state index in [1.165, 1.54) is 4.88 Å². The summed E-state index contributed by atoms with van der Waals surface area (Å²) in [5.74, 6) is -2.73. The maximum absolute atomic E-state index is 13.2. The number of carboxylic acids is 1. The molecule has 2 aliphatic rings. The predicted molar refractivity (Wildman–Crippen MR) is 108 cm³/mol. The van der Waals surface area contributed by atoms with Crippen LogP contribution in [0.15, 0.2) is 11.8 Å². The molecule has 0 spiro atoms. The van der Waals surface area contributed by atoms with Gasteiger partial charge in [0, 0.05) is 44.6 Å². The van der Waals surface area contributed by atoms with Gasteiger partial charge in [0.25, 0.3) is 0 Å². The van der Waals surface area contributed by atoms with Crippen molar-refractivity contribution in [2.75, 3.05) is 32.8 Å². The minimum absolute atomic E-state index is 0.164. The second-order valence-corrected chi connectivity index (χ2v) is 8.45. The number of ether oxygens (including phenoxy) is 1. The Morgan fingerprint density at radius 3 is 2.50 bits per heavy atom. The average Bonchev–Trinajstić information content (AvgIpc) is 3.33. The van der Waals surface area contributed by atoms with Gasteiger partial charge in [-0.2, -0.15) is 13.2 Å². The van der Waals surface area contributed by atoms with Crippen molar-refractivity contribution in [2.45, 2.75) is 32.1 Å². The Balaban J connectivity index is 0.000000360. The fraction of sp³-hybridized carbons (Fsp3) is 0.579. The summed E-state index contributed by atoms with van der Waals surface area (Å²) in [5, 5.41) is 7.12. The predicted octanol–water partition coefficient (Wildman–Crippen LogP) is 1.78. The van der Waals surface area contributed by atoms with Gasteiger partial charge in [0.2, 0.25) is 5.91 Å². The van der Waals surface area contributed by atoms with E-state index in [1.54, 1.807) is 11.3 Å². The Hall–Kier alpha value is -2.51. The lowest BCUT2D eigenvalue weighted by molar-refractivity contribution is -0.192. The number of halogens is 3. The van der Waals surface area contributed by atoms with Crippen LogP contribution in [-0.4, -0.2) is 80.3 Å². The molecule has 0 radical (unpaired) electrons. The van der Waals surface area contributed by atoms with E-state index in [2.05, 4.69) is 14.9 Å². The molecule has 13 heteroatoms. The van der Waals surface area contributed by atoms with Gasteiger partial charge in [0.15, 0.2) is 0 Å². The van der Waals surface area contributed by atoms with Crippen LogP contribution >= 0.6 is 11.3 Å². The van der Waals surface area contributed by atoms with E-state index >= 15 is 0 Å². The third kappa shape index (κ3) is 5.64. The van der Waals surface area contributed by atoms with Crippen LogP contribution in [0.2, 0.25) is 0 Å². The molecule has 2 aromatic rings. The Bertz CT molecular complexity index is 955. The smallest absolute Gasteiger partial charge is 0.475 e. The normalized spacial score (nSPS) is 19.2. The van der Waals surface area contributed by atoms with E-state index in [4.69, 9.17) is 14.6 Å². The number of imidazole rings is 1. The summed E-state index contributed by atoms with van der Waals surface area (Å²) in [6.45, 7) is 6.96. The van der Waals surface area contributed by atoms with Gasteiger partial charge in [-0.1, -0.05) is 0 Å². The van der Waals surface area contributed by atoms with Gasteiger partial charge in [-0.25, -0.2) is 14.8 Å². The van der Waals surface area contributed by atoms with Crippen molar-refractivity contribution in [3.05, 3.63) is 33.8 Å². The highest BCUT2D eigenvalue weighted by Crippen LogP contribution is 2.31. The summed E-state index contributed by atoms with van der Waals surface area (Å²) in [4.78, 5) is 36.5. The van der Waals surface area contributed by atoms with Crippen LogP contribution in [0.5, 0.6) is 0 Å². The minimum Gasteiger partial charge on any atom is -0.475 e. The summed E-state index contributed by atoms with van der Waals surface area (Å²) in [5.41, 5.74) is 5.04. The molecule has 0 aromatic carbocycles. The van der Waals surface area contributed by atoms with Crippen LogP contribution < -0.4 is 0 Å². The number of aliphatic carboxylic acids is 1. The van der Waals surface area contributed by atoms with E-state index in [9.17, 15) is 18.0 Å². The molecule has 1 amide bonds. The molecule has 4 rings (SSSR count). The van der Waals surface area contributed by atoms with E-state index in [0.717, 1.165) is 36.7 Å². The van der Waals surface area contributed by atoms with Gasteiger partial charge in [-0.05, 0) is 6.92 Å². The monoisotopic (exact) mass is 475 g/mol. The van der Waals surface area contributed by atoms with Crippen molar-refractivity contribution in [3.63, 3.8) is 0 Å². The molecule has 0 bridgehead atoms. The number of rotatable bonds is 3. The zero-order chi connectivity index (χ0) is 23.5. The molecule has 1 atom stereocenters. The van der Waals surface area contributed by atoms with Gasteiger partial charge in [0.1, 0.15) is 0 Å². The third-order valence-corrected chi connectivity index (χ3v) is 6.20. The first-order chi connectivity index (χ1) is 15.1. The Morgan fingerprint density at radius 1 is 1.28 bits per heavy atom. The first kappa shape index (κ1) is 24.1. The summed E-state index contributed by atoms with van der Waals surface area (Å²) in [7, 11) is 1.98. The lowest BCUT2D eigenvalue weighted by Crippen LogP contribution is -2.47. The molecule has 0 saturated carbocycles. The summed E-state index contributed by atoms with van der Waals surface area (Å²) in [6.07, 6.45) is -3.26. The van der Waals surface area contributed by atoms with Gasteiger partial charge >= 0.3 is 12.1 Å². The zero-order valence-electron chi connectivity index (χ0n) is 17.6. The standard InChI is InChI=1S/C17H23N5O2S.C2HF3O2/c1-12-15(25-11-19-12)9-21-7-13(16-14(8-21)18-10-20(16)2)17(23)22-3-5-24-6-4-22;3-2(4,5)1(6)7/h10-11,13H,3-9H2,1-2H3;(H,6,7). The van der Waals surface area contributed by atoms with Crippen molar-refractivity contribution in [1.82, 2.24) is 24.3 Å². The maximum atomic E-state index is 13.2. The van der Waals surface area contributed by atoms with Gasteiger partial charge in [-0.3, -0.25) is 9.69 Å². The van der Waals surface area contributed by atoms with Gasteiger partial charge < -0.3 is 19.3 Å². The largest absolute Gasteiger partial charge is 0.490 e. The summed E-state index contributed by atoms with van der Waals surface area (Å²) < 4.78 is 39.1. The van der Waals surface area contributed by atoms with E-state index in [0.29, 0.717) is 26.3 Å². The van der Waals surface area contributed by atoms with Crippen LogP contribution in [0.25, 0.3) is 0 Å². The van der Waals surface area contributed by atoms with Crippen molar-refractivity contribution >= 4 is 23.2 Å². The van der Waals surface area contributed by atoms with Crippen molar-refractivity contribution in [3.8, 4) is 0 Å². The van der Waals surface area contributed by atoms with Crippen molar-refractivity contribution in [1.29, 1.82) is 0 Å². The highest BCUT2D eigenvalue weighted by atomic mass is 32.1. The quantitative estimate of drug-likeness (QED) is 0.722. The molecule has 2 aliphatic heterocycles. The number of thiazole rings is 1. The number of fused-ring (bicyclic) bond motifs is 1.